The van der Waals surface area contributed by atoms with Crippen molar-refractivity contribution < 1.29 is 17.7 Å². The van der Waals surface area contributed by atoms with Gasteiger partial charge in [0.25, 0.3) is 0 Å². The van der Waals surface area contributed by atoms with E-state index in [2.05, 4.69) is 180 Å². The Kier molecular flexibility index (Phi) is 7.30. The second-order valence-corrected chi connectivity index (χ2v) is 16.5. The number of hydrogen-bond acceptors (Lipinski definition) is 6. The van der Waals surface area contributed by atoms with Crippen LogP contribution in [0.2, 0.25) is 0 Å². The third kappa shape index (κ3) is 5.20. The lowest BCUT2D eigenvalue weighted by atomic mass is 10.0. The Hall–Kier alpha value is -8.74. The van der Waals surface area contributed by atoms with Crippen LogP contribution in [0.15, 0.2) is 224 Å². The highest BCUT2D eigenvalue weighted by Gasteiger charge is 2.23. The molecule has 0 saturated heterocycles. The fourth-order valence-corrected chi connectivity index (χ4v) is 9.87. The number of nitrogens with zero attached hydrogens (tertiary/aromatic N) is 2. The van der Waals surface area contributed by atoms with E-state index < -0.39 is 0 Å². The maximum Gasteiger partial charge on any atom is 0.159 e. The van der Waals surface area contributed by atoms with Gasteiger partial charge in [-0.05, 0) is 120 Å². The Bertz CT molecular complexity index is 3890. The second kappa shape index (κ2) is 13.4. The van der Waals surface area contributed by atoms with Crippen molar-refractivity contribution in [3.63, 3.8) is 0 Å². The van der Waals surface area contributed by atoms with Gasteiger partial charge >= 0.3 is 0 Å². The van der Waals surface area contributed by atoms with Gasteiger partial charge in [-0.3, -0.25) is 0 Å². The van der Waals surface area contributed by atoms with E-state index in [4.69, 9.17) is 17.7 Å². The summed E-state index contributed by atoms with van der Waals surface area (Å²) in [6.45, 7) is 0. The summed E-state index contributed by atoms with van der Waals surface area (Å²) in [6.07, 6.45) is 0. The van der Waals surface area contributed by atoms with Crippen LogP contribution in [0.1, 0.15) is 0 Å². The number of hydrogen-bond donors (Lipinski definition) is 0. The molecule has 64 heavy (non-hydrogen) atoms. The van der Waals surface area contributed by atoms with Crippen LogP contribution in [0.5, 0.6) is 0 Å². The van der Waals surface area contributed by atoms with E-state index in [1.165, 1.54) is 0 Å². The molecular weight excluding hydrogens is 789 g/mol. The lowest BCUT2D eigenvalue weighted by Crippen LogP contribution is -2.10. The van der Waals surface area contributed by atoms with E-state index in [0.29, 0.717) is 0 Å². The molecule has 4 heterocycles. The molecule has 0 saturated carbocycles. The van der Waals surface area contributed by atoms with E-state index in [0.717, 1.165) is 133 Å². The molecule has 0 amide bonds. The summed E-state index contributed by atoms with van der Waals surface area (Å²) in [4.78, 5) is 4.55. The van der Waals surface area contributed by atoms with Crippen LogP contribution < -0.4 is 9.80 Å². The topological polar surface area (TPSA) is 59.0 Å². The van der Waals surface area contributed by atoms with Crippen molar-refractivity contribution >= 4 is 133 Å². The van der Waals surface area contributed by atoms with E-state index >= 15 is 0 Å². The van der Waals surface area contributed by atoms with Crippen molar-refractivity contribution in [1.29, 1.82) is 0 Å². The lowest BCUT2D eigenvalue weighted by Gasteiger charge is -2.25. The van der Waals surface area contributed by atoms with Crippen molar-refractivity contribution in [2.45, 2.75) is 0 Å². The Morgan fingerprint density at radius 3 is 1.09 bits per heavy atom. The van der Waals surface area contributed by atoms with Crippen LogP contribution in [-0.2, 0) is 0 Å². The summed E-state index contributed by atoms with van der Waals surface area (Å²) in [5.41, 5.74) is 12.7. The number of fused-ring (bicyclic) bond motifs is 13. The second-order valence-electron chi connectivity index (χ2n) is 16.5. The van der Waals surface area contributed by atoms with Crippen molar-refractivity contribution in [2.24, 2.45) is 0 Å². The number of para-hydroxylation sites is 6. The fourth-order valence-electron chi connectivity index (χ4n) is 9.87. The van der Waals surface area contributed by atoms with Crippen LogP contribution in [0.3, 0.4) is 0 Å². The average Bonchev–Trinajstić information content (AvgIpc) is 4.11. The average molecular weight is 823 g/mol. The lowest BCUT2D eigenvalue weighted by molar-refractivity contribution is 0.668. The summed E-state index contributed by atoms with van der Waals surface area (Å²) in [5, 5.41) is 10.6. The molecule has 0 unspecified atom stereocenters. The predicted molar refractivity (Wildman–Crippen MR) is 262 cm³/mol. The van der Waals surface area contributed by atoms with Gasteiger partial charge in [0.2, 0.25) is 0 Å². The van der Waals surface area contributed by atoms with E-state index in [9.17, 15) is 0 Å². The van der Waals surface area contributed by atoms with E-state index in [-0.39, 0.29) is 0 Å². The predicted octanol–water partition coefficient (Wildman–Crippen LogP) is 17.4. The third-order valence-corrected chi connectivity index (χ3v) is 12.8. The van der Waals surface area contributed by atoms with Gasteiger partial charge in [-0.25, -0.2) is 0 Å². The SMILES string of the molecule is c1ccc(N(c2ccc3oc4ccccc4c3c2)c2cccc3c2oc2cc4cc5c(cc4cc23)oc2c(N(c3ccccc3)c3ccc4oc6ccccc6c4c3)cccc25)cc1. The summed E-state index contributed by atoms with van der Waals surface area (Å²) in [7, 11) is 0. The van der Waals surface area contributed by atoms with Crippen molar-refractivity contribution in [3.05, 3.63) is 206 Å². The molecule has 10 aromatic carbocycles. The number of benzene rings is 10. The quantitative estimate of drug-likeness (QED) is 0.166. The van der Waals surface area contributed by atoms with Gasteiger partial charge in [0.15, 0.2) is 11.2 Å². The monoisotopic (exact) mass is 822 g/mol. The van der Waals surface area contributed by atoms with Gasteiger partial charge in [-0.15, -0.1) is 0 Å². The smallest absolute Gasteiger partial charge is 0.159 e. The largest absolute Gasteiger partial charge is 0.456 e. The molecule has 14 aromatic rings. The first-order valence-electron chi connectivity index (χ1n) is 21.5. The van der Waals surface area contributed by atoms with Crippen LogP contribution in [0, 0.1) is 0 Å². The molecule has 6 heteroatoms. The van der Waals surface area contributed by atoms with Gasteiger partial charge in [-0.1, -0.05) is 97.1 Å². The Labute approximate surface area is 364 Å². The standard InChI is InChI=1S/C58H34N2O4/c1-3-13-37(14-4-1)59(39-25-27-53-47(33-39)41-17-7-9-23-51(41)61-53)49-21-11-19-43-45-29-35-32-56-46(30-36(35)31-55(45)63-57(43)49)44-20-12-22-50(58(44)64-56)60(38-15-5-2-6-16-38)40-26-28-54-48(34-40)42-18-8-10-24-52(42)62-54/h1-34H. The first-order valence-corrected chi connectivity index (χ1v) is 21.5. The Balaban J connectivity index is 0.927. The van der Waals surface area contributed by atoms with Crippen LogP contribution in [0.4, 0.5) is 34.1 Å². The molecule has 0 bridgehead atoms. The molecule has 0 aliphatic carbocycles. The Morgan fingerprint density at radius 1 is 0.234 bits per heavy atom. The first-order chi connectivity index (χ1) is 31.7. The third-order valence-electron chi connectivity index (χ3n) is 12.8. The molecule has 300 valence electrons. The summed E-state index contributed by atoms with van der Waals surface area (Å²) >= 11 is 0. The molecule has 0 aliphatic heterocycles. The molecule has 6 nitrogen and oxygen atoms in total. The summed E-state index contributed by atoms with van der Waals surface area (Å²) < 4.78 is 26.3. The van der Waals surface area contributed by atoms with Crippen LogP contribution in [-0.4, -0.2) is 0 Å². The van der Waals surface area contributed by atoms with Crippen LogP contribution in [0.25, 0.3) is 98.5 Å². The molecule has 14 rings (SSSR count). The molecule has 0 atom stereocenters. The minimum atomic E-state index is 0.815. The fraction of sp³-hybridized carbons (Fsp3) is 0. The molecular formula is C58H34N2O4. The van der Waals surface area contributed by atoms with Gasteiger partial charge in [0.05, 0.1) is 11.4 Å². The Morgan fingerprint density at radius 2 is 0.625 bits per heavy atom. The van der Waals surface area contributed by atoms with Gasteiger partial charge in [0.1, 0.15) is 33.5 Å². The molecule has 0 N–H and O–H groups in total. The van der Waals surface area contributed by atoms with Gasteiger partial charge < -0.3 is 27.5 Å². The number of anilines is 6. The van der Waals surface area contributed by atoms with E-state index in [1.807, 2.05) is 36.4 Å². The first kappa shape index (κ1) is 34.9. The van der Waals surface area contributed by atoms with Gasteiger partial charge in [0, 0.05) is 65.8 Å². The van der Waals surface area contributed by atoms with Gasteiger partial charge in [-0.2, -0.15) is 0 Å². The van der Waals surface area contributed by atoms with Crippen LogP contribution >= 0.6 is 0 Å². The maximum absolute atomic E-state index is 6.94. The zero-order valence-electron chi connectivity index (χ0n) is 34.2. The zero-order chi connectivity index (χ0) is 41.9. The normalized spacial score (nSPS) is 12.1. The molecule has 0 spiro atoms. The maximum atomic E-state index is 6.94. The summed E-state index contributed by atoms with van der Waals surface area (Å²) in [5.74, 6) is 0. The molecule has 4 aromatic heterocycles. The highest BCUT2D eigenvalue weighted by Crippen LogP contribution is 2.47. The molecule has 0 aliphatic rings. The van der Waals surface area contributed by atoms with Crippen molar-refractivity contribution in [2.75, 3.05) is 9.80 Å². The molecule has 0 fully saturated rings. The van der Waals surface area contributed by atoms with Crippen molar-refractivity contribution in [1.82, 2.24) is 0 Å². The highest BCUT2D eigenvalue weighted by atomic mass is 16.3. The zero-order valence-corrected chi connectivity index (χ0v) is 34.2. The minimum absolute atomic E-state index is 0.815. The molecule has 0 radical (unpaired) electrons. The minimum Gasteiger partial charge on any atom is -0.456 e. The highest BCUT2D eigenvalue weighted by molar-refractivity contribution is 6.18. The van der Waals surface area contributed by atoms with E-state index in [1.54, 1.807) is 0 Å². The number of furan rings is 4. The number of rotatable bonds is 6. The van der Waals surface area contributed by atoms with Crippen molar-refractivity contribution in [3.8, 4) is 0 Å². The summed E-state index contributed by atoms with van der Waals surface area (Å²) in [6, 6.07) is 71.8.